The molecular weight excluding hydrogens is 414 g/mol. The Hall–Kier alpha value is -1.04. The number of piperazine rings is 1. The first-order valence-corrected chi connectivity index (χ1v) is 11.7. The topological polar surface area (TPSA) is 94.3 Å². The highest BCUT2D eigenvalue weighted by Crippen LogP contribution is 2.31. The fourth-order valence-corrected chi connectivity index (χ4v) is 4.94. The van der Waals surface area contributed by atoms with E-state index in [1.807, 2.05) is 6.92 Å². The zero-order valence-corrected chi connectivity index (χ0v) is 19.1. The number of rotatable bonds is 6. The summed E-state index contributed by atoms with van der Waals surface area (Å²) in [6.07, 6.45) is 2.73. The molecule has 0 aromatic heterocycles. The minimum atomic E-state index is -3.52. The molecule has 1 aromatic rings. The van der Waals surface area contributed by atoms with Gasteiger partial charge in [0.1, 0.15) is 0 Å². The van der Waals surface area contributed by atoms with Crippen LogP contribution < -0.4 is 15.2 Å². The molecule has 0 spiro atoms. The standard InChI is InChI=1S/C14H22N2O4S2.C5H11NO/c1-11(21)15-6-8-16(9-7-15)22(17,18)12-4-5-13(19-2)14(10-12)20-3;6-4-5-2-1-3-7-5/h4-5,10-11,21H,6-9H2,1-3H3;5H,1-4,6H2. The van der Waals surface area contributed by atoms with Crippen LogP contribution in [0.25, 0.3) is 0 Å². The number of ether oxygens (including phenoxy) is 3. The second-order valence-electron chi connectivity index (χ2n) is 6.96. The molecule has 166 valence electrons. The number of sulfonamides is 1. The zero-order valence-electron chi connectivity index (χ0n) is 17.4. The normalized spacial score (nSPS) is 21.9. The molecule has 8 nitrogen and oxygen atoms in total. The summed E-state index contributed by atoms with van der Waals surface area (Å²) in [7, 11) is -0.518. The third kappa shape index (κ3) is 6.47. The van der Waals surface area contributed by atoms with Crippen LogP contribution in [0.15, 0.2) is 23.1 Å². The monoisotopic (exact) mass is 447 g/mol. The Morgan fingerprint density at radius 2 is 1.86 bits per heavy atom. The van der Waals surface area contributed by atoms with Crippen molar-refractivity contribution in [2.24, 2.45) is 5.73 Å². The Morgan fingerprint density at radius 1 is 1.21 bits per heavy atom. The van der Waals surface area contributed by atoms with Crippen molar-refractivity contribution in [2.45, 2.75) is 36.1 Å². The van der Waals surface area contributed by atoms with E-state index in [9.17, 15) is 8.42 Å². The third-order valence-corrected chi connectivity index (χ3v) is 7.30. The van der Waals surface area contributed by atoms with Gasteiger partial charge in [-0.05, 0) is 31.9 Å². The summed E-state index contributed by atoms with van der Waals surface area (Å²) >= 11 is 4.39. The SMILES string of the molecule is COc1ccc(S(=O)(=O)N2CCN(C(C)S)CC2)cc1OC.NCC1CCCO1. The van der Waals surface area contributed by atoms with E-state index < -0.39 is 10.0 Å². The van der Waals surface area contributed by atoms with Gasteiger partial charge in [-0.1, -0.05) is 0 Å². The van der Waals surface area contributed by atoms with Crippen molar-refractivity contribution in [1.29, 1.82) is 0 Å². The molecule has 2 atom stereocenters. The van der Waals surface area contributed by atoms with E-state index in [-0.39, 0.29) is 10.3 Å². The molecule has 0 radical (unpaired) electrons. The molecule has 3 rings (SSSR count). The highest BCUT2D eigenvalue weighted by atomic mass is 32.2. The Kier molecular flexibility index (Phi) is 9.51. The van der Waals surface area contributed by atoms with E-state index in [1.54, 1.807) is 12.1 Å². The molecule has 2 N–H and O–H groups in total. The van der Waals surface area contributed by atoms with Gasteiger partial charge in [0.05, 0.1) is 25.2 Å². The predicted molar refractivity (Wildman–Crippen MR) is 116 cm³/mol. The quantitative estimate of drug-likeness (QED) is 0.637. The molecule has 2 aliphatic heterocycles. The first-order chi connectivity index (χ1) is 13.8. The predicted octanol–water partition coefficient (Wildman–Crippen LogP) is 1.41. The molecule has 10 heteroatoms. The molecule has 2 fully saturated rings. The summed E-state index contributed by atoms with van der Waals surface area (Å²) in [4.78, 5) is 2.36. The lowest BCUT2D eigenvalue weighted by molar-refractivity contribution is 0.117. The van der Waals surface area contributed by atoms with E-state index >= 15 is 0 Å². The number of nitrogens with zero attached hydrogens (tertiary/aromatic N) is 2. The molecule has 2 heterocycles. The Labute approximate surface area is 179 Å². The highest BCUT2D eigenvalue weighted by molar-refractivity contribution is 7.89. The van der Waals surface area contributed by atoms with Crippen LogP contribution in [-0.4, -0.2) is 82.7 Å². The van der Waals surface area contributed by atoms with Crippen molar-refractivity contribution >= 4 is 22.7 Å². The van der Waals surface area contributed by atoms with Gasteiger partial charge in [-0.3, -0.25) is 4.90 Å². The molecule has 1 aromatic carbocycles. The van der Waals surface area contributed by atoms with Crippen molar-refractivity contribution in [3.63, 3.8) is 0 Å². The van der Waals surface area contributed by atoms with Crippen LogP contribution in [0.5, 0.6) is 11.5 Å². The summed E-state index contributed by atoms with van der Waals surface area (Å²) in [5.74, 6) is 0.918. The van der Waals surface area contributed by atoms with Crippen LogP contribution in [-0.2, 0) is 14.8 Å². The van der Waals surface area contributed by atoms with E-state index in [2.05, 4.69) is 17.5 Å². The van der Waals surface area contributed by atoms with E-state index in [4.69, 9.17) is 19.9 Å². The smallest absolute Gasteiger partial charge is 0.243 e. The molecule has 0 saturated carbocycles. The van der Waals surface area contributed by atoms with Crippen LogP contribution >= 0.6 is 12.6 Å². The molecule has 29 heavy (non-hydrogen) atoms. The van der Waals surface area contributed by atoms with Crippen LogP contribution in [0, 0.1) is 0 Å². The summed E-state index contributed by atoms with van der Waals surface area (Å²) in [6, 6.07) is 4.66. The first kappa shape index (κ1) is 24.2. The van der Waals surface area contributed by atoms with Crippen LogP contribution in [0.4, 0.5) is 0 Å². The lowest BCUT2D eigenvalue weighted by atomic mass is 10.2. The minimum absolute atomic E-state index is 0.130. The number of nitrogens with two attached hydrogens (primary N) is 1. The van der Waals surface area contributed by atoms with Gasteiger partial charge >= 0.3 is 0 Å². The van der Waals surface area contributed by atoms with Crippen molar-refractivity contribution < 1.29 is 22.6 Å². The van der Waals surface area contributed by atoms with Gasteiger partial charge < -0.3 is 19.9 Å². The Morgan fingerprint density at radius 3 is 2.31 bits per heavy atom. The molecule has 0 aliphatic carbocycles. The van der Waals surface area contributed by atoms with Crippen molar-refractivity contribution in [3.8, 4) is 11.5 Å². The van der Waals surface area contributed by atoms with E-state index in [0.29, 0.717) is 50.3 Å². The molecule has 0 amide bonds. The average molecular weight is 448 g/mol. The summed E-state index contributed by atoms with van der Waals surface area (Å²) < 4.78 is 42.4. The maximum atomic E-state index is 12.7. The summed E-state index contributed by atoms with van der Waals surface area (Å²) in [6.45, 7) is 5.88. The molecule has 2 saturated heterocycles. The number of hydrogen-bond donors (Lipinski definition) is 2. The fourth-order valence-electron chi connectivity index (χ4n) is 3.27. The maximum Gasteiger partial charge on any atom is 0.243 e. The minimum Gasteiger partial charge on any atom is -0.493 e. The lowest BCUT2D eigenvalue weighted by Crippen LogP contribution is -2.50. The van der Waals surface area contributed by atoms with Gasteiger partial charge in [-0.25, -0.2) is 8.42 Å². The molecular formula is C19H33N3O5S2. The van der Waals surface area contributed by atoms with E-state index in [0.717, 1.165) is 13.0 Å². The second-order valence-corrected chi connectivity index (χ2v) is 9.64. The Bertz CT molecular complexity index is 731. The van der Waals surface area contributed by atoms with Crippen LogP contribution in [0.2, 0.25) is 0 Å². The summed E-state index contributed by atoms with van der Waals surface area (Å²) in [5.41, 5.74) is 5.31. The van der Waals surface area contributed by atoms with Crippen molar-refractivity contribution in [1.82, 2.24) is 9.21 Å². The zero-order chi connectivity index (χ0) is 21.4. The van der Waals surface area contributed by atoms with Crippen LogP contribution in [0.1, 0.15) is 19.8 Å². The maximum absolute atomic E-state index is 12.7. The number of hydrogen-bond acceptors (Lipinski definition) is 8. The van der Waals surface area contributed by atoms with Gasteiger partial charge in [0.25, 0.3) is 0 Å². The molecule has 2 aliphatic rings. The van der Waals surface area contributed by atoms with Gasteiger partial charge in [0.15, 0.2) is 11.5 Å². The van der Waals surface area contributed by atoms with Crippen molar-refractivity contribution in [2.75, 3.05) is 53.6 Å². The Balaban J connectivity index is 0.000000360. The fraction of sp³-hybridized carbons (Fsp3) is 0.684. The highest BCUT2D eigenvalue weighted by Gasteiger charge is 2.30. The first-order valence-electron chi connectivity index (χ1n) is 9.79. The van der Waals surface area contributed by atoms with Gasteiger partial charge in [0.2, 0.25) is 10.0 Å². The summed E-state index contributed by atoms with van der Waals surface area (Å²) in [5, 5.41) is 0.130. The number of benzene rings is 1. The number of methoxy groups -OCH3 is 2. The second kappa shape index (κ2) is 11.4. The lowest BCUT2D eigenvalue weighted by Gasteiger charge is -2.35. The van der Waals surface area contributed by atoms with Crippen LogP contribution in [0.3, 0.4) is 0 Å². The largest absolute Gasteiger partial charge is 0.493 e. The molecule has 0 bridgehead atoms. The van der Waals surface area contributed by atoms with Gasteiger partial charge in [-0.15, -0.1) is 0 Å². The third-order valence-electron chi connectivity index (χ3n) is 5.08. The van der Waals surface area contributed by atoms with Gasteiger partial charge in [0, 0.05) is 50.8 Å². The molecule has 2 unspecified atom stereocenters. The van der Waals surface area contributed by atoms with E-state index in [1.165, 1.54) is 31.0 Å². The van der Waals surface area contributed by atoms with Crippen molar-refractivity contribution in [3.05, 3.63) is 18.2 Å². The van der Waals surface area contributed by atoms with Gasteiger partial charge in [-0.2, -0.15) is 16.9 Å². The number of thiol groups is 1. The average Bonchev–Trinajstić information content (AvgIpc) is 3.27.